The lowest BCUT2D eigenvalue weighted by molar-refractivity contribution is -0.121. The van der Waals surface area contributed by atoms with Gasteiger partial charge >= 0.3 is 11.1 Å². The SMILES string of the molecule is Cc1ccc(CCNC(=O)Cn2c(=O)c(=O)n(C)c3ccccc32)cc1. The molecule has 2 aromatic carbocycles. The van der Waals surface area contributed by atoms with Crippen molar-refractivity contribution < 1.29 is 4.79 Å². The fraction of sp³-hybridized carbons (Fsp3) is 0.250. The fourth-order valence-corrected chi connectivity index (χ4v) is 2.91. The molecular weight excluding hydrogens is 330 g/mol. The number of carbonyl (C=O) groups excluding carboxylic acids is 1. The number of nitrogens with one attached hydrogen (secondary N) is 1. The van der Waals surface area contributed by atoms with Crippen LogP contribution in [-0.2, 0) is 24.8 Å². The van der Waals surface area contributed by atoms with E-state index in [1.54, 1.807) is 31.3 Å². The summed E-state index contributed by atoms with van der Waals surface area (Å²) in [7, 11) is 1.55. The van der Waals surface area contributed by atoms with E-state index in [-0.39, 0.29) is 12.5 Å². The summed E-state index contributed by atoms with van der Waals surface area (Å²) in [6.45, 7) is 2.32. The van der Waals surface area contributed by atoms with Gasteiger partial charge in [-0.1, -0.05) is 42.0 Å². The molecule has 0 saturated carbocycles. The highest BCUT2D eigenvalue weighted by Gasteiger charge is 2.13. The Morgan fingerprint density at radius 3 is 2.31 bits per heavy atom. The van der Waals surface area contributed by atoms with Crippen molar-refractivity contribution in [3.05, 3.63) is 80.4 Å². The largest absolute Gasteiger partial charge is 0.354 e. The zero-order valence-electron chi connectivity index (χ0n) is 14.9. The summed E-state index contributed by atoms with van der Waals surface area (Å²) < 4.78 is 2.54. The third-order valence-electron chi connectivity index (χ3n) is 4.42. The Morgan fingerprint density at radius 2 is 1.62 bits per heavy atom. The topological polar surface area (TPSA) is 73.1 Å². The number of hydrogen-bond donors (Lipinski definition) is 1. The molecule has 0 bridgehead atoms. The molecule has 1 heterocycles. The van der Waals surface area contributed by atoms with Crippen LogP contribution in [0.4, 0.5) is 0 Å². The number of amides is 1. The van der Waals surface area contributed by atoms with Gasteiger partial charge in [0.15, 0.2) is 0 Å². The van der Waals surface area contributed by atoms with Crippen molar-refractivity contribution >= 4 is 16.9 Å². The van der Waals surface area contributed by atoms with Gasteiger partial charge in [-0.15, -0.1) is 0 Å². The molecule has 6 nitrogen and oxygen atoms in total. The van der Waals surface area contributed by atoms with E-state index in [4.69, 9.17) is 0 Å². The molecule has 134 valence electrons. The van der Waals surface area contributed by atoms with Gasteiger partial charge in [-0.25, -0.2) is 0 Å². The number of nitrogens with zero attached hydrogens (tertiary/aromatic N) is 2. The molecule has 0 aliphatic heterocycles. The second kappa shape index (κ2) is 7.39. The number of benzene rings is 2. The zero-order valence-corrected chi connectivity index (χ0v) is 14.9. The van der Waals surface area contributed by atoms with Crippen LogP contribution in [-0.4, -0.2) is 21.6 Å². The molecule has 0 saturated heterocycles. The van der Waals surface area contributed by atoms with E-state index in [1.165, 1.54) is 14.7 Å². The van der Waals surface area contributed by atoms with Crippen molar-refractivity contribution in [2.75, 3.05) is 6.54 Å². The Hall–Kier alpha value is -3.15. The predicted molar refractivity (Wildman–Crippen MR) is 101 cm³/mol. The number of rotatable bonds is 5. The number of carbonyl (C=O) groups is 1. The summed E-state index contributed by atoms with van der Waals surface area (Å²) in [5.74, 6) is -0.294. The summed E-state index contributed by atoms with van der Waals surface area (Å²) in [5, 5.41) is 2.81. The average molecular weight is 351 g/mol. The van der Waals surface area contributed by atoms with Gasteiger partial charge in [0.1, 0.15) is 6.54 Å². The van der Waals surface area contributed by atoms with Gasteiger partial charge in [0, 0.05) is 13.6 Å². The fourth-order valence-electron chi connectivity index (χ4n) is 2.91. The molecular formula is C20H21N3O3. The minimum absolute atomic E-state index is 0.177. The smallest absolute Gasteiger partial charge is 0.317 e. The highest BCUT2D eigenvalue weighted by molar-refractivity contribution is 5.80. The van der Waals surface area contributed by atoms with E-state index in [9.17, 15) is 14.4 Å². The maximum Gasteiger partial charge on any atom is 0.317 e. The lowest BCUT2D eigenvalue weighted by atomic mass is 10.1. The maximum atomic E-state index is 12.3. The van der Waals surface area contributed by atoms with Crippen LogP contribution in [0.1, 0.15) is 11.1 Å². The number of fused-ring (bicyclic) bond motifs is 1. The second-order valence-electron chi connectivity index (χ2n) is 6.33. The first-order valence-corrected chi connectivity index (χ1v) is 8.48. The minimum Gasteiger partial charge on any atom is -0.354 e. The Balaban J connectivity index is 1.74. The van der Waals surface area contributed by atoms with E-state index in [0.717, 1.165) is 5.56 Å². The van der Waals surface area contributed by atoms with Crippen LogP contribution in [0.5, 0.6) is 0 Å². The lowest BCUT2D eigenvalue weighted by Crippen LogP contribution is -2.43. The Kier molecular flexibility index (Phi) is 5.02. The molecule has 0 atom stereocenters. The van der Waals surface area contributed by atoms with Crippen molar-refractivity contribution in [1.82, 2.24) is 14.5 Å². The molecule has 3 aromatic rings. The molecule has 0 unspecified atom stereocenters. The highest BCUT2D eigenvalue weighted by Crippen LogP contribution is 2.09. The first kappa shape index (κ1) is 17.7. The number of hydrogen-bond acceptors (Lipinski definition) is 3. The standard InChI is InChI=1S/C20H21N3O3/c1-14-7-9-15(10-8-14)11-12-21-18(24)13-23-17-6-4-3-5-16(17)22(2)19(25)20(23)26/h3-10H,11-13H2,1-2H3,(H,21,24). The molecule has 0 aliphatic rings. The second-order valence-corrected chi connectivity index (χ2v) is 6.33. The molecule has 0 spiro atoms. The molecule has 0 fully saturated rings. The van der Waals surface area contributed by atoms with Crippen molar-refractivity contribution in [3.8, 4) is 0 Å². The van der Waals surface area contributed by atoms with Crippen molar-refractivity contribution in [2.24, 2.45) is 7.05 Å². The monoisotopic (exact) mass is 351 g/mol. The third kappa shape index (κ3) is 3.59. The van der Waals surface area contributed by atoms with Crippen molar-refractivity contribution in [3.63, 3.8) is 0 Å². The van der Waals surface area contributed by atoms with Crippen LogP contribution in [0.3, 0.4) is 0 Å². The van der Waals surface area contributed by atoms with Crippen LogP contribution in [0.2, 0.25) is 0 Å². The first-order chi connectivity index (χ1) is 12.5. The van der Waals surface area contributed by atoms with Crippen LogP contribution < -0.4 is 16.4 Å². The molecule has 26 heavy (non-hydrogen) atoms. The summed E-state index contributed by atoms with van der Waals surface area (Å²) in [6, 6.07) is 15.2. The van der Waals surface area contributed by atoms with Gasteiger partial charge < -0.3 is 9.88 Å². The average Bonchev–Trinajstić information content (AvgIpc) is 2.65. The van der Waals surface area contributed by atoms with Gasteiger partial charge in [0.05, 0.1) is 11.0 Å². The molecule has 6 heteroatoms. The van der Waals surface area contributed by atoms with Gasteiger partial charge in [-0.05, 0) is 31.0 Å². The van der Waals surface area contributed by atoms with Crippen molar-refractivity contribution in [1.29, 1.82) is 0 Å². The molecule has 0 radical (unpaired) electrons. The minimum atomic E-state index is -0.695. The molecule has 1 amide bonds. The van der Waals surface area contributed by atoms with Gasteiger partial charge in [-0.2, -0.15) is 0 Å². The van der Waals surface area contributed by atoms with Crippen LogP contribution >= 0.6 is 0 Å². The molecule has 0 aliphatic carbocycles. The summed E-state index contributed by atoms with van der Waals surface area (Å²) >= 11 is 0. The van der Waals surface area contributed by atoms with E-state index >= 15 is 0 Å². The highest BCUT2D eigenvalue weighted by atomic mass is 16.2. The number of para-hydroxylation sites is 2. The lowest BCUT2D eigenvalue weighted by Gasteiger charge is -2.12. The molecule has 1 aromatic heterocycles. The van der Waals surface area contributed by atoms with E-state index in [0.29, 0.717) is 24.0 Å². The summed E-state index contributed by atoms with van der Waals surface area (Å²) in [4.78, 5) is 36.7. The van der Waals surface area contributed by atoms with Gasteiger partial charge in [0.2, 0.25) is 5.91 Å². The van der Waals surface area contributed by atoms with Gasteiger partial charge in [0.25, 0.3) is 0 Å². The Morgan fingerprint density at radius 1 is 0.962 bits per heavy atom. The van der Waals surface area contributed by atoms with E-state index < -0.39 is 11.1 Å². The van der Waals surface area contributed by atoms with Crippen LogP contribution in [0, 0.1) is 6.92 Å². The maximum absolute atomic E-state index is 12.3. The quantitative estimate of drug-likeness (QED) is 0.706. The van der Waals surface area contributed by atoms with Crippen LogP contribution in [0.15, 0.2) is 58.1 Å². The van der Waals surface area contributed by atoms with Gasteiger partial charge in [-0.3, -0.25) is 19.0 Å². The third-order valence-corrected chi connectivity index (χ3v) is 4.42. The molecule has 3 rings (SSSR count). The van der Waals surface area contributed by atoms with E-state index in [2.05, 4.69) is 5.32 Å². The number of aromatic nitrogens is 2. The predicted octanol–water partition coefficient (Wildman–Crippen LogP) is 1.37. The summed E-state index contributed by atoms with van der Waals surface area (Å²) in [5.41, 5.74) is 2.16. The molecule has 1 N–H and O–H groups in total. The van der Waals surface area contributed by atoms with Crippen LogP contribution in [0.25, 0.3) is 11.0 Å². The van der Waals surface area contributed by atoms with E-state index in [1.807, 2.05) is 31.2 Å². The zero-order chi connectivity index (χ0) is 18.7. The Bertz CT molecular complexity index is 1060. The summed E-state index contributed by atoms with van der Waals surface area (Å²) in [6.07, 6.45) is 0.707. The van der Waals surface area contributed by atoms with Crippen molar-refractivity contribution in [2.45, 2.75) is 19.9 Å². The first-order valence-electron chi connectivity index (χ1n) is 8.48. The number of aryl methyl sites for hydroxylation is 2. The normalized spacial score (nSPS) is 10.8. The Labute approximate surface area is 150 Å².